The van der Waals surface area contributed by atoms with Crippen LogP contribution in [0.4, 0.5) is 19.0 Å². The Kier molecular flexibility index (Phi) is 13.4. The molecule has 3 heterocycles. The van der Waals surface area contributed by atoms with E-state index in [4.69, 9.17) is 4.98 Å². The molecule has 0 unspecified atom stereocenters. The van der Waals surface area contributed by atoms with Gasteiger partial charge in [0.05, 0.1) is 16.6 Å². The molecule has 2 N–H and O–H groups in total. The Balaban J connectivity index is 0.000000700. The zero-order valence-corrected chi connectivity index (χ0v) is 26.4. The molecule has 45 heavy (non-hydrogen) atoms. The Morgan fingerprint density at radius 2 is 1.44 bits per heavy atom. The second-order valence-corrected chi connectivity index (χ2v) is 11.1. The van der Waals surface area contributed by atoms with Gasteiger partial charge in [-0.25, -0.2) is 4.98 Å². The zero-order chi connectivity index (χ0) is 30.9. The number of nitrogens with zero attached hydrogens (tertiary/aromatic N) is 4. The van der Waals surface area contributed by atoms with Gasteiger partial charge in [0.2, 0.25) is 0 Å². The fourth-order valence-electron chi connectivity index (χ4n) is 5.69. The van der Waals surface area contributed by atoms with E-state index in [-0.39, 0.29) is 23.6 Å². The first-order valence-electron chi connectivity index (χ1n) is 15.1. The number of hydrogen-bond donors (Lipinski definition) is 2. The molecule has 7 nitrogen and oxygen atoms in total. The second kappa shape index (κ2) is 17.0. The number of benzene rings is 1. The van der Waals surface area contributed by atoms with Crippen LogP contribution in [0.2, 0.25) is 0 Å². The van der Waals surface area contributed by atoms with Crippen LogP contribution in [0.1, 0.15) is 24.0 Å². The van der Waals surface area contributed by atoms with Gasteiger partial charge in [-0.15, -0.1) is 0 Å². The van der Waals surface area contributed by atoms with Crippen molar-refractivity contribution >= 4 is 28.3 Å². The number of para-hydroxylation sites is 2. The number of carbonyl (C=O) groups is 1. The molecular formula is C34H39F3FeN6O+2. The van der Waals surface area contributed by atoms with E-state index < -0.39 is 12.1 Å². The molecule has 3 fully saturated rings. The van der Waals surface area contributed by atoms with E-state index >= 15 is 0 Å². The summed E-state index contributed by atoms with van der Waals surface area (Å²) in [6, 6.07) is 8.20. The van der Waals surface area contributed by atoms with Gasteiger partial charge >= 0.3 is 29.2 Å². The van der Waals surface area contributed by atoms with Gasteiger partial charge in [-0.3, -0.25) is 4.79 Å². The van der Waals surface area contributed by atoms with Crippen LogP contribution in [0.5, 0.6) is 0 Å². The number of carbonyl (C=O) groups excluding carboxylic acids is 1. The summed E-state index contributed by atoms with van der Waals surface area (Å²) in [5.41, 5.74) is 5.54. The summed E-state index contributed by atoms with van der Waals surface area (Å²) in [5.74, 6) is 0.214. The van der Waals surface area contributed by atoms with E-state index in [1.807, 2.05) is 55.6 Å². The van der Waals surface area contributed by atoms with E-state index in [1.165, 1.54) is 17.0 Å². The van der Waals surface area contributed by atoms with Crippen LogP contribution in [-0.4, -0.2) is 83.6 Å². The van der Waals surface area contributed by atoms with Crippen molar-refractivity contribution in [2.24, 2.45) is 0 Å². The number of anilines is 1. The first-order valence-corrected chi connectivity index (χ1v) is 15.1. The quantitative estimate of drug-likeness (QED) is 0.236. The third-order valence-corrected chi connectivity index (χ3v) is 7.90. The Bertz CT molecular complexity index is 1350. The van der Waals surface area contributed by atoms with Crippen LogP contribution in [0.3, 0.4) is 0 Å². The number of piperazine rings is 1. The van der Waals surface area contributed by atoms with E-state index in [1.54, 1.807) is 0 Å². The van der Waals surface area contributed by atoms with E-state index in [9.17, 15) is 18.0 Å². The first kappa shape index (κ1) is 35.5. The monoisotopic (exact) mass is 660 g/mol. The predicted octanol–water partition coefficient (Wildman–Crippen LogP) is 5.06. The summed E-state index contributed by atoms with van der Waals surface area (Å²) < 4.78 is 39.1. The van der Waals surface area contributed by atoms with Crippen molar-refractivity contribution in [3.8, 4) is 0 Å². The molecule has 1 aromatic carbocycles. The molecule has 1 amide bonds. The van der Waals surface area contributed by atoms with Crippen molar-refractivity contribution in [1.82, 2.24) is 24.5 Å². The Morgan fingerprint density at radius 3 is 2.04 bits per heavy atom. The van der Waals surface area contributed by atoms with Gasteiger partial charge < -0.3 is 24.8 Å². The van der Waals surface area contributed by atoms with Crippen LogP contribution in [0.15, 0.2) is 30.5 Å². The molecule has 3 aliphatic rings. The van der Waals surface area contributed by atoms with Crippen molar-refractivity contribution in [1.29, 1.82) is 0 Å². The summed E-state index contributed by atoms with van der Waals surface area (Å²) >= 11 is 0. The molecule has 2 aliphatic carbocycles. The Labute approximate surface area is 276 Å². The first-order chi connectivity index (χ1) is 21.3. The maximum atomic E-state index is 12.3. The summed E-state index contributed by atoms with van der Waals surface area (Å²) in [7, 11) is 0. The number of aromatic nitrogens is 2. The predicted molar refractivity (Wildman–Crippen MR) is 168 cm³/mol. The van der Waals surface area contributed by atoms with E-state index in [0.717, 1.165) is 68.1 Å². The topological polar surface area (TPSA) is 64.9 Å². The number of aryl methyl sites for hydroxylation is 1. The SMILES string of the molecule is Cc1cn2c(c(NCCCN3CCN(CCCNC(=O)C(F)(F)F)CC3)nc3ccccc32)c1[C]1[CH][CH][CH][CH]1.[CH]1[CH][CH][CH][CH]1.[Fe+2]. The molecule has 0 atom stereocenters. The number of nitrogens with one attached hydrogen (secondary N) is 2. The molecule has 2 saturated carbocycles. The maximum Gasteiger partial charge on any atom is 2.00 e. The number of amides is 1. The van der Waals surface area contributed by atoms with Gasteiger partial charge in [0.1, 0.15) is 0 Å². The number of halogens is 3. The minimum absolute atomic E-state index is 0. The molecule has 238 valence electrons. The number of hydrogen-bond acceptors (Lipinski definition) is 5. The summed E-state index contributed by atoms with van der Waals surface area (Å²) in [6.45, 7) is 8.21. The minimum atomic E-state index is -4.82. The molecule has 1 saturated heterocycles. The summed E-state index contributed by atoms with van der Waals surface area (Å²) in [4.78, 5) is 20.6. The van der Waals surface area contributed by atoms with Gasteiger partial charge in [-0.1, -0.05) is 12.1 Å². The molecular weight excluding hydrogens is 621 g/mol. The van der Waals surface area contributed by atoms with Crippen molar-refractivity contribution in [2.75, 3.05) is 57.7 Å². The molecule has 3 aromatic rings. The Hall–Kier alpha value is -2.33. The van der Waals surface area contributed by atoms with Gasteiger partial charge in [-0.2, -0.15) is 13.2 Å². The van der Waals surface area contributed by atoms with Gasteiger partial charge in [0.25, 0.3) is 0 Å². The van der Waals surface area contributed by atoms with Crippen LogP contribution in [0.25, 0.3) is 16.6 Å². The smallest absolute Gasteiger partial charge is 0.368 e. The molecule has 11 heteroatoms. The summed E-state index contributed by atoms with van der Waals surface area (Å²) in [5, 5.41) is 5.55. The van der Waals surface area contributed by atoms with Crippen molar-refractivity contribution < 1.29 is 35.0 Å². The standard InChI is InChI=1S/C29H34F3N6O.C5H5.Fe/c1-21-20-38-24-11-5-4-10-23(24)35-27(26(38)25(21)22-8-2-3-9-22)33-12-6-14-36-16-18-37(19-17-36)15-7-13-34-28(39)29(30,31)32;1-2-4-5-3-1;/h2-5,8-11,20H,6-7,12-19H2,1H3,(H,33,35)(H,34,39);1-5H;/q;;+2. The molecule has 1 aliphatic heterocycles. The molecule has 10 radical (unpaired) electrons. The number of fused-ring (bicyclic) bond motifs is 3. The summed E-state index contributed by atoms with van der Waals surface area (Å²) in [6.07, 6.45) is 17.2. The van der Waals surface area contributed by atoms with Crippen LogP contribution >= 0.6 is 0 Å². The van der Waals surface area contributed by atoms with Crippen molar-refractivity contribution in [3.63, 3.8) is 0 Å². The van der Waals surface area contributed by atoms with Crippen LogP contribution in [-0.2, 0) is 21.9 Å². The average Bonchev–Trinajstić information content (AvgIpc) is 3.81. The minimum Gasteiger partial charge on any atom is -0.368 e. The van der Waals surface area contributed by atoms with Crippen molar-refractivity contribution in [3.05, 3.63) is 105 Å². The van der Waals surface area contributed by atoms with Crippen LogP contribution in [0, 0.1) is 70.6 Å². The third kappa shape index (κ3) is 9.59. The normalized spacial score (nSPS) is 18.1. The molecule has 0 bridgehead atoms. The fraction of sp³-hybridized carbons (Fsp3) is 0.353. The fourth-order valence-corrected chi connectivity index (χ4v) is 5.69. The van der Waals surface area contributed by atoms with Gasteiger partial charge in [-0.05, 0) is 114 Å². The molecule has 6 rings (SSSR count). The van der Waals surface area contributed by atoms with Crippen molar-refractivity contribution in [2.45, 2.75) is 25.9 Å². The van der Waals surface area contributed by atoms with Gasteiger partial charge in [0.15, 0.2) is 5.82 Å². The Morgan fingerprint density at radius 1 is 0.867 bits per heavy atom. The molecule has 0 spiro atoms. The molecule has 2 aromatic heterocycles. The van der Waals surface area contributed by atoms with E-state index in [0.29, 0.717) is 13.0 Å². The zero-order valence-electron chi connectivity index (χ0n) is 25.3. The number of rotatable bonds is 10. The van der Waals surface area contributed by atoms with E-state index in [2.05, 4.69) is 64.4 Å². The largest absolute Gasteiger partial charge is 2.00 e. The number of alkyl halides is 3. The average molecular weight is 661 g/mol. The van der Waals surface area contributed by atoms with Crippen LogP contribution < -0.4 is 10.6 Å². The second-order valence-electron chi connectivity index (χ2n) is 11.1. The van der Waals surface area contributed by atoms with Gasteiger partial charge in [0, 0.05) is 51.4 Å². The maximum absolute atomic E-state index is 12.3. The third-order valence-electron chi connectivity index (χ3n) is 7.90.